The van der Waals surface area contributed by atoms with E-state index in [1.807, 2.05) is 0 Å². The molecule has 0 radical (unpaired) electrons. The molecular weight excluding hydrogens is 265 g/mol. The smallest absolute Gasteiger partial charge is 0.320 e. The monoisotopic (exact) mass is 278 g/mol. The van der Waals surface area contributed by atoms with Crippen molar-refractivity contribution in [3.8, 4) is 0 Å². The maximum Gasteiger partial charge on any atom is 0.403 e. The van der Waals surface area contributed by atoms with Crippen LogP contribution in [0.3, 0.4) is 0 Å². The normalized spacial score (nSPS) is 17.4. The second-order valence-electron chi connectivity index (χ2n) is 4.60. The summed E-state index contributed by atoms with van der Waals surface area (Å²) in [4.78, 5) is 4.19. The van der Waals surface area contributed by atoms with Gasteiger partial charge in [0.1, 0.15) is 11.2 Å². The van der Waals surface area contributed by atoms with E-state index in [2.05, 4.69) is 4.98 Å². The van der Waals surface area contributed by atoms with E-state index in [1.54, 1.807) is 6.07 Å². The van der Waals surface area contributed by atoms with E-state index < -0.39 is 12.2 Å². The number of aryl methyl sites for hydroxylation is 2. The van der Waals surface area contributed by atoms with Gasteiger partial charge in [0.25, 0.3) is 0 Å². The highest BCUT2D eigenvalue weighted by Gasteiger charge is 2.37. The van der Waals surface area contributed by atoms with Gasteiger partial charge in [-0.05, 0) is 43.2 Å². The Labute approximate surface area is 108 Å². The van der Waals surface area contributed by atoms with E-state index in [0.717, 1.165) is 36.9 Å². The summed E-state index contributed by atoms with van der Waals surface area (Å²) in [6.07, 6.45) is -0.922. The maximum absolute atomic E-state index is 12.4. The topological polar surface area (TPSA) is 38.9 Å². The largest absolute Gasteiger partial charge is 0.403 e. The van der Waals surface area contributed by atoms with Gasteiger partial charge in [0.15, 0.2) is 0 Å². The zero-order valence-electron chi connectivity index (χ0n) is 9.73. The third-order valence-electron chi connectivity index (χ3n) is 3.19. The minimum Gasteiger partial charge on any atom is -0.320 e. The molecule has 1 aliphatic rings. The number of aromatic nitrogens is 1. The number of hydrogen-bond acceptors (Lipinski definition) is 2. The number of pyridine rings is 1. The zero-order chi connectivity index (χ0) is 13.3. The van der Waals surface area contributed by atoms with Gasteiger partial charge in [0.05, 0.1) is 0 Å². The number of rotatable bonds is 2. The van der Waals surface area contributed by atoms with Crippen LogP contribution in [0.5, 0.6) is 0 Å². The molecule has 1 aromatic heterocycles. The summed E-state index contributed by atoms with van der Waals surface area (Å²) >= 11 is 5.92. The minimum atomic E-state index is -4.40. The molecule has 0 aliphatic heterocycles. The highest BCUT2D eigenvalue weighted by molar-refractivity contribution is 6.30. The van der Waals surface area contributed by atoms with Gasteiger partial charge in [0.2, 0.25) is 0 Å². The van der Waals surface area contributed by atoms with Crippen molar-refractivity contribution in [3.63, 3.8) is 0 Å². The third-order valence-corrected chi connectivity index (χ3v) is 3.51. The first-order valence-electron chi connectivity index (χ1n) is 5.87. The molecule has 18 heavy (non-hydrogen) atoms. The Morgan fingerprint density at radius 1 is 1.33 bits per heavy atom. The molecule has 0 bridgehead atoms. The first-order chi connectivity index (χ1) is 8.38. The van der Waals surface area contributed by atoms with Crippen LogP contribution in [0.15, 0.2) is 6.07 Å². The zero-order valence-corrected chi connectivity index (χ0v) is 10.5. The minimum absolute atomic E-state index is 0.148. The molecule has 6 heteroatoms. The molecule has 1 heterocycles. The Morgan fingerprint density at radius 3 is 2.67 bits per heavy atom. The quantitative estimate of drug-likeness (QED) is 0.845. The molecule has 0 fully saturated rings. The van der Waals surface area contributed by atoms with Gasteiger partial charge in [-0.3, -0.25) is 0 Å². The van der Waals surface area contributed by atoms with E-state index in [4.69, 9.17) is 17.3 Å². The molecule has 2 N–H and O–H groups in total. The van der Waals surface area contributed by atoms with Crippen LogP contribution in [0.2, 0.25) is 5.15 Å². The van der Waals surface area contributed by atoms with Crippen molar-refractivity contribution in [2.75, 3.05) is 0 Å². The van der Waals surface area contributed by atoms with E-state index in [9.17, 15) is 13.2 Å². The van der Waals surface area contributed by atoms with E-state index in [0.29, 0.717) is 5.56 Å². The fourth-order valence-electron chi connectivity index (χ4n) is 2.15. The highest BCUT2D eigenvalue weighted by atomic mass is 35.5. The molecule has 1 aliphatic carbocycles. The first-order valence-corrected chi connectivity index (χ1v) is 6.25. The summed E-state index contributed by atoms with van der Waals surface area (Å²) in [6.45, 7) is 0. The lowest BCUT2D eigenvalue weighted by Crippen LogP contribution is -2.39. The molecule has 2 nitrogen and oxygen atoms in total. The summed E-state index contributed by atoms with van der Waals surface area (Å²) in [5.41, 5.74) is 7.43. The van der Waals surface area contributed by atoms with Crippen molar-refractivity contribution < 1.29 is 13.2 Å². The lowest BCUT2D eigenvalue weighted by molar-refractivity contribution is -0.147. The Hall–Kier alpha value is -0.810. The highest BCUT2D eigenvalue weighted by Crippen LogP contribution is 2.28. The van der Waals surface area contributed by atoms with Crippen molar-refractivity contribution >= 4 is 11.6 Å². The summed E-state index contributed by atoms with van der Waals surface area (Å²) in [6, 6.07) is -0.159. The van der Waals surface area contributed by atoms with Crippen LogP contribution in [-0.4, -0.2) is 17.2 Å². The molecule has 0 aromatic carbocycles. The number of fused-ring (bicyclic) bond motifs is 1. The molecule has 0 spiro atoms. The average molecular weight is 279 g/mol. The second-order valence-corrected chi connectivity index (χ2v) is 4.96. The Morgan fingerprint density at radius 2 is 2.00 bits per heavy atom. The van der Waals surface area contributed by atoms with Gasteiger partial charge in [-0.15, -0.1) is 0 Å². The van der Waals surface area contributed by atoms with Gasteiger partial charge in [-0.25, -0.2) is 4.98 Å². The summed E-state index contributed by atoms with van der Waals surface area (Å²) in [7, 11) is 0. The van der Waals surface area contributed by atoms with Crippen LogP contribution in [0.4, 0.5) is 13.2 Å². The Balaban J connectivity index is 2.23. The van der Waals surface area contributed by atoms with Gasteiger partial charge in [-0.2, -0.15) is 13.2 Å². The third kappa shape index (κ3) is 2.95. The number of hydrogen-bond donors (Lipinski definition) is 1. The number of nitrogens with two attached hydrogens (primary N) is 1. The van der Waals surface area contributed by atoms with Crippen LogP contribution < -0.4 is 5.73 Å². The molecular formula is C12H14ClF3N2. The van der Waals surface area contributed by atoms with Crippen LogP contribution in [0.25, 0.3) is 0 Å². The van der Waals surface area contributed by atoms with Crippen molar-refractivity contribution in [2.45, 2.75) is 44.3 Å². The van der Waals surface area contributed by atoms with Crippen LogP contribution in [0, 0.1) is 0 Å². The van der Waals surface area contributed by atoms with Crippen molar-refractivity contribution in [1.82, 2.24) is 4.98 Å². The van der Waals surface area contributed by atoms with E-state index in [-0.39, 0.29) is 11.6 Å². The average Bonchev–Trinajstić information content (AvgIpc) is 2.28. The van der Waals surface area contributed by atoms with Crippen LogP contribution >= 0.6 is 11.6 Å². The lowest BCUT2D eigenvalue weighted by Gasteiger charge is -2.19. The van der Waals surface area contributed by atoms with Crippen LogP contribution in [-0.2, 0) is 19.3 Å². The Kier molecular flexibility index (Phi) is 3.82. The molecule has 1 unspecified atom stereocenters. The van der Waals surface area contributed by atoms with E-state index >= 15 is 0 Å². The molecule has 1 atom stereocenters. The maximum atomic E-state index is 12.4. The molecule has 0 saturated carbocycles. The van der Waals surface area contributed by atoms with Gasteiger partial charge in [-0.1, -0.05) is 17.7 Å². The van der Waals surface area contributed by atoms with Gasteiger partial charge in [0, 0.05) is 5.69 Å². The Bertz CT molecular complexity index is 446. The molecule has 2 rings (SSSR count). The van der Waals surface area contributed by atoms with Crippen molar-refractivity contribution in [3.05, 3.63) is 28.0 Å². The van der Waals surface area contributed by atoms with Crippen molar-refractivity contribution in [1.29, 1.82) is 0 Å². The van der Waals surface area contributed by atoms with Gasteiger partial charge >= 0.3 is 6.18 Å². The SMILES string of the molecule is NC(Cc1cc2c(nc1Cl)CCCC2)C(F)(F)F. The second kappa shape index (κ2) is 5.05. The number of nitrogens with zero attached hydrogens (tertiary/aromatic N) is 1. The summed E-state index contributed by atoms with van der Waals surface area (Å²) in [5.74, 6) is 0. The standard InChI is InChI=1S/C12H14ClF3N2/c13-11-8(6-10(17)12(14,15)16)5-7-3-1-2-4-9(7)18-11/h5,10H,1-4,6,17H2. The predicted molar refractivity (Wildman–Crippen MR) is 63.6 cm³/mol. The van der Waals surface area contributed by atoms with E-state index in [1.165, 1.54) is 0 Å². The number of halogens is 4. The van der Waals surface area contributed by atoms with Crippen LogP contribution in [0.1, 0.15) is 29.7 Å². The fourth-order valence-corrected chi connectivity index (χ4v) is 2.39. The molecule has 100 valence electrons. The first kappa shape index (κ1) is 13.6. The predicted octanol–water partition coefficient (Wildman–Crippen LogP) is 3.05. The molecule has 1 aromatic rings. The number of alkyl halides is 3. The fraction of sp³-hybridized carbons (Fsp3) is 0.583. The van der Waals surface area contributed by atoms with Crippen molar-refractivity contribution in [2.24, 2.45) is 5.73 Å². The molecule has 0 amide bonds. The summed E-state index contributed by atoms with van der Waals surface area (Å²) < 4.78 is 37.3. The molecule has 0 saturated heterocycles. The summed E-state index contributed by atoms with van der Waals surface area (Å²) in [5, 5.41) is 0.148. The lowest BCUT2D eigenvalue weighted by atomic mass is 9.94. The van der Waals surface area contributed by atoms with Gasteiger partial charge < -0.3 is 5.73 Å².